The third kappa shape index (κ3) is 13.7. The van der Waals surface area contributed by atoms with Crippen molar-refractivity contribution in [2.45, 2.75) is 105 Å². The number of fused-ring (bicyclic) bond motifs is 4. The van der Waals surface area contributed by atoms with Crippen molar-refractivity contribution in [1.29, 1.82) is 0 Å². The maximum atomic E-state index is 13.0. The van der Waals surface area contributed by atoms with Crippen LogP contribution in [0.5, 0.6) is 0 Å². The number of benzene rings is 4. The maximum absolute atomic E-state index is 13.0. The Morgan fingerprint density at radius 2 is 0.821 bits per heavy atom. The molecule has 0 amide bonds. The molecule has 2 aliphatic heterocycles. The highest BCUT2D eigenvalue weighted by molar-refractivity contribution is 7.03. The van der Waals surface area contributed by atoms with Crippen molar-refractivity contribution < 1.29 is 23.9 Å². The highest BCUT2D eigenvalue weighted by Crippen LogP contribution is 2.28. The Hall–Kier alpha value is -5.25. The van der Waals surface area contributed by atoms with Crippen LogP contribution in [0.25, 0.3) is 0 Å². The van der Waals surface area contributed by atoms with E-state index in [1.165, 1.54) is 43.2 Å². The zero-order valence-corrected chi connectivity index (χ0v) is 46.0. The summed E-state index contributed by atoms with van der Waals surface area (Å²) >= 11 is 0. The average Bonchev–Trinajstić information content (AvgIpc) is 3.23. The first kappa shape index (κ1) is 54.4. The van der Waals surface area contributed by atoms with Gasteiger partial charge in [0.2, 0.25) is 0 Å². The zero-order chi connectivity index (χ0) is 50.4. The van der Waals surface area contributed by atoms with Crippen LogP contribution in [0.4, 0.5) is 22.7 Å². The van der Waals surface area contributed by atoms with E-state index in [9.17, 15) is 14.4 Å². The summed E-state index contributed by atoms with van der Waals surface area (Å²) in [6, 6.07) is 26.0. The summed E-state index contributed by atoms with van der Waals surface area (Å²) in [5.74, 6) is -0.160. The van der Waals surface area contributed by atoms with Crippen LogP contribution >= 0.6 is 0 Å². The number of nitrogens with zero attached hydrogens (tertiary/aromatic N) is 5. The van der Waals surface area contributed by atoms with E-state index in [0.717, 1.165) is 28.2 Å². The van der Waals surface area contributed by atoms with Gasteiger partial charge >= 0.3 is 11.9 Å². The molecule has 2 N–H and O–H groups in total. The number of nitrogens with two attached hydrogens (primary N) is 1. The number of anilines is 4. The Morgan fingerprint density at radius 1 is 0.522 bits per heavy atom. The quantitative estimate of drug-likeness (QED) is 0.0943. The van der Waals surface area contributed by atoms with Gasteiger partial charge in [-0.25, -0.2) is 0 Å². The van der Waals surface area contributed by atoms with Crippen molar-refractivity contribution in [3.05, 3.63) is 95.1 Å². The number of esters is 2. The van der Waals surface area contributed by atoms with Crippen LogP contribution < -0.4 is 46.1 Å². The molecule has 0 unspecified atom stereocenters. The fourth-order valence-corrected chi connectivity index (χ4v) is 14.4. The molecule has 0 atom stereocenters. The van der Waals surface area contributed by atoms with Gasteiger partial charge in [-0.3, -0.25) is 19.4 Å². The summed E-state index contributed by atoms with van der Waals surface area (Å²) in [6.07, 6.45) is 2.19. The molecule has 6 rings (SSSR count). The summed E-state index contributed by atoms with van der Waals surface area (Å²) in [5.41, 5.74) is 14.4. The van der Waals surface area contributed by atoms with E-state index in [2.05, 4.69) is 123 Å². The lowest BCUT2D eigenvalue weighted by atomic mass is 9.99. The molecular formula is C54H80N6O5Si2. The maximum Gasteiger partial charge on any atom is 0.306 e. The molecule has 11 nitrogen and oxygen atoms in total. The second-order valence-corrected chi connectivity index (χ2v) is 30.1. The van der Waals surface area contributed by atoms with Crippen LogP contribution in [-0.2, 0) is 19.1 Å². The molecule has 2 heterocycles. The molecular weight excluding hydrogens is 869 g/mol. The van der Waals surface area contributed by atoms with Gasteiger partial charge in [-0.1, -0.05) is 38.3 Å². The molecule has 0 aromatic heterocycles. The second-order valence-electron chi connectivity index (χ2n) is 21.5. The van der Waals surface area contributed by atoms with Crippen LogP contribution in [0.2, 0.25) is 26.2 Å². The van der Waals surface area contributed by atoms with Gasteiger partial charge in [0.25, 0.3) is 0 Å². The molecule has 0 radical (unpaired) electrons. The van der Waals surface area contributed by atoms with E-state index < -0.39 is 21.7 Å². The van der Waals surface area contributed by atoms with Gasteiger partial charge in [-0.05, 0) is 142 Å². The summed E-state index contributed by atoms with van der Waals surface area (Å²) in [5, 5.41) is 5.33. The van der Waals surface area contributed by atoms with E-state index in [0.29, 0.717) is 38.8 Å². The molecule has 0 spiro atoms. The highest BCUT2D eigenvalue weighted by Gasteiger charge is 2.40. The first-order chi connectivity index (χ1) is 31.0. The van der Waals surface area contributed by atoms with Gasteiger partial charge in [0.1, 0.15) is 27.3 Å². The lowest BCUT2D eigenvalue weighted by molar-refractivity contribution is -0.156. The van der Waals surface area contributed by atoms with Crippen molar-refractivity contribution in [2.75, 3.05) is 89.1 Å². The summed E-state index contributed by atoms with van der Waals surface area (Å²) in [7, 11) is 12.7. The highest BCUT2D eigenvalue weighted by atomic mass is 28.3. The zero-order valence-electron chi connectivity index (χ0n) is 44.0. The molecule has 13 heteroatoms. The average molecular weight is 949 g/mol. The predicted octanol–water partition coefficient (Wildman–Crippen LogP) is 7.17. The third-order valence-corrected chi connectivity index (χ3v) is 19.0. The Kier molecular flexibility index (Phi) is 17.7. The van der Waals surface area contributed by atoms with Gasteiger partial charge in [0, 0.05) is 121 Å². The van der Waals surface area contributed by atoms with Crippen LogP contribution in [0.15, 0.2) is 77.8 Å². The molecule has 0 saturated heterocycles. The minimum Gasteiger partial charge on any atom is -0.460 e. The van der Waals surface area contributed by atoms with Crippen LogP contribution in [-0.4, -0.2) is 120 Å². The topological polar surface area (TPSA) is 121 Å². The summed E-state index contributed by atoms with van der Waals surface area (Å²) in [6.45, 7) is 22.0. The summed E-state index contributed by atoms with van der Waals surface area (Å²) < 4.78 is 10.5. The molecule has 4 aromatic carbocycles. The van der Waals surface area contributed by atoms with Crippen LogP contribution in [0.1, 0.15) is 94.3 Å². The van der Waals surface area contributed by atoms with E-state index >= 15 is 0 Å². The molecule has 364 valence electrons. The Balaban J connectivity index is 0.000000249. The molecule has 0 aliphatic carbocycles. The first-order valence-corrected chi connectivity index (χ1v) is 29.5. The van der Waals surface area contributed by atoms with Crippen molar-refractivity contribution in [2.24, 2.45) is 10.7 Å². The van der Waals surface area contributed by atoms with Gasteiger partial charge in [-0.15, -0.1) is 0 Å². The number of rotatable bonds is 11. The number of ketones is 1. The number of hydrogen-bond donors (Lipinski definition) is 1. The predicted molar refractivity (Wildman–Crippen MR) is 290 cm³/mol. The van der Waals surface area contributed by atoms with E-state index in [1.807, 2.05) is 94.0 Å². The van der Waals surface area contributed by atoms with E-state index in [1.54, 1.807) is 0 Å². The third-order valence-electron chi connectivity index (χ3n) is 12.0. The minimum absolute atomic E-state index is 0.160. The van der Waals surface area contributed by atoms with Gasteiger partial charge in [-0.2, -0.15) is 0 Å². The number of ether oxygens (including phenoxy) is 2. The van der Waals surface area contributed by atoms with Gasteiger partial charge in [0.15, 0.2) is 5.78 Å². The number of aliphatic imine (C=N–C) groups is 1. The second kappa shape index (κ2) is 21.8. The fraction of sp³-hybridized carbons (Fsp3) is 0.481. The smallest absolute Gasteiger partial charge is 0.306 e. The first-order valence-electron chi connectivity index (χ1n) is 23.5. The van der Waals surface area contributed by atoms with Crippen molar-refractivity contribution in [3.63, 3.8) is 0 Å². The molecule has 2 aliphatic rings. The van der Waals surface area contributed by atoms with Gasteiger partial charge < -0.3 is 34.8 Å². The number of carbonyl (C=O) groups is 3. The number of hydrogen-bond acceptors (Lipinski definition) is 11. The van der Waals surface area contributed by atoms with Crippen LogP contribution in [0, 0.1) is 0 Å². The van der Waals surface area contributed by atoms with Crippen molar-refractivity contribution in [1.82, 2.24) is 0 Å². The molecule has 0 bridgehead atoms. The molecule has 0 fully saturated rings. The Morgan fingerprint density at radius 3 is 1.12 bits per heavy atom. The Bertz CT molecular complexity index is 2320. The van der Waals surface area contributed by atoms with E-state index in [4.69, 9.17) is 20.2 Å². The minimum atomic E-state index is -1.93. The monoisotopic (exact) mass is 949 g/mol. The molecule has 0 saturated carbocycles. The van der Waals surface area contributed by atoms with Gasteiger partial charge in [0.05, 0.1) is 5.71 Å². The van der Waals surface area contributed by atoms with E-state index in [-0.39, 0.29) is 23.3 Å². The normalized spacial score (nSPS) is 14.0. The van der Waals surface area contributed by atoms with Crippen molar-refractivity contribution >= 4 is 83.1 Å². The molecule has 4 aromatic rings. The number of carbonyl (C=O) groups excluding carboxylic acids is 3. The lowest BCUT2D eigenvalue weighted by Gasteiger charge is -2.36. The Labute approximate surface area is 404 Å². The standard InChI is InChI=1S/C27H39N3O2Si.C19H24N2OSi.C8H17NO2/c1-27(2,3)32-25(31)11-10-16-28-26-21-14-12-19(29(4)5)17-23(21)33(8,9)24-18-20(30(6)7)13-15-22(24)26;1-20(2)13-7-9-15-17(11-13)23(5,6)18-12-14(21(3)4)8-10-16(18)19(15)22;1-8(2,3)11-7(10)5-4-6-9/h12-15,17-18H,10-11,16H2,1-9H3;7-12H,1-6H3;4-6,9H2,1-3H3. The lowest BCUT2D eigenvalue weighted by Crippen LogP contribution is -2.60. The van der Waals surface area contributed by atoms with Crippen molar-refractivity contribution in [3.8, 4) is 0 Å². The summed E-state index contributed by atoms with van der Waals surface area (Å²) in [4.78, 5) is 49.6. The molecule has 67 heavy (non-hydrogen) atoms. The fourth-order valence-electron chi connectivity index (χ4n) is 8.32. The SMILES string of the molecule is CC(C)(C)OC(=O)CCCN.CN(C)c1ccc2c(c1)[Si](C)(C)c1cc(N(C)C)ccc1C2=NCCCC(=O)OC(C)(C)C.CN(C)c1ccc2c(c1)[Si](C)(C)c1cc(N(C)C)ccc1C2=O. The largest absolute Gasteiger partial charge is 0.460 e. The van der Waals surface area contributed by atoms with Crippen LogP contribution in [0.3, 0.4) is 0 Å².